The van der Waals surface area contributed by atoms with E-state index in [-0.39, 0.29) is 12.5 Å². The van der Waals surface area contributed by atoms with Gasteiger partial charge in [-0.1, -0.05) is 12.1 Å². The van der Waals surface area contributed by atoms with Crippen molar-refractivity contribution in [2.45, 2.75) is 24.3 Å². The second kappa shape index (κ2) is 6.98. The van der Waals surface area contributed by atoms with Crippen LogP contribution in [0.5, 0.6) is 5.75 Å². The summed E-state index contributed by atoms with van der Waals surface area (Å²) in [5, 5.41) is 2.85. The minimum absolute atomic E-state index is 0.0617. The van der Waals surface area contributed by atoms with E-state index in [1.54, 1.807) is 6.07 Å². The molecular weight excluding hydrogens is 364 g/mol. The number of carbonyl (C=O) groups is 1. The Morgan fingerprint density at radius 2 is 1.85 bits per heavy atom. The first-order chi connectivity index (χ1) is 12.9. The highest BCUT2D eigenvalue weighted by Gasteiger charge is 2.19. The SMILES string of the molecule is CS(=O)(=O)c1ccc2c(c1)CCN(Cc1ccc3c(c1)NC(=O)CO3)CC2. The van der Waals surface area contributed by atoms with Crippen molar-refractivity contribution in [3.8, 4) is 5.75 Å². The third-order valence-electron chi connectivity index (χ3n) is 5.08. The van der Waals surface area contributed by atoms with Gasteiger partial charge in [0.2, 0.25) is 0 Å². The summed E-state index contributed by atoms with van der Waals surface area (Å²) >= 11 is 0. The van der Waals surface area contributed by atoms with Gasteiger partial charge in [-0.2, -0.15) is 0 Å². The number of nitrogens with zero attached hydrogens (tertiary/aromatic N) is 1. The van der Waals surface area contributed by atoms with Crippen molar-refractivity contribution in [2.75, 3.05) is 31.3 Å². The van der Waals surface area contributed by atoms with Gasteiger partial charge in [0.15, 0.2) is 16.4 Å². The van der Waals surface area contributed by atoms with Crippen LogP contribution in [0.2, 0.25) is 0 Å². The van der Waals surface area contributed by atoms with E-state index in [0.717, 1.165) is 49.3 Å². The van der Waals surface area contributed by atoms with Crippen LogP contribution in [0.1, 0.15) is 16.7 Å². The Balaban J connectivity index is 1.48. The maximum absolute atomic E-state index is 11.8. The van der Waals surface area contributed by atoms with Crippen LogP contribution >= 0.6 is 0 Å². The number of hydrogen-bond donors (Lipinski definition) is 1. The molecule has 0 radical (unpaired) electrons. The Labute approximate surface area is 159 Å². The number of ether oxygens (including phenoxy) is 1. The number of benzene rings is 2. The monoisotopic (exact) mass is 386 g/mol. The fourth-order valence-electron chi connectivity index (χ4n) is 3.62. The van der Waals surface area contributed by atoms with Crippen LogP contribution in [0.15, 0.2) is 41.3 Å². The topological polar surface area (TPSA) is 75.7 Å². The normalized spacial score (nSPS) is 17.3. The molecule has 2 aliphatic heterocycles. The quantitative estimate of drug-likeness (QED) is 0.874. The highest BCUT2D eigenvalue weighted by atomic mass is 32.2. The van der Waals surface area contributed by atoms with Gasteiger partial charge in [-0.15, -0.1) is 0 Å². The van der Waals surface area contributed by atoms with Crippen molar-refractivity contribution in [1.82, 2.24) is 4.90 Å². The molecule has 0 fully saturated rings. The second-order valence-electron chi connectivity index (χ2n) is 7.15. The first-order valence-corrected chi connectivity index (χ1v) is 10.9. The highest BCUT2D eigenvalue weighted by Crippen LogP contribution is 2.29. The summed E-state index contributed by atoms with van der Waals surface area (Å²) in [6.07, 6.45) is 2.96. The Hall–Kier alpha value is -2.38. The van der Waals surface area contributed by atoms with Gasteiger partial charge in [-0.3, -0.25) is 9.69 Å². The van der Waals surface area contributed by atoms with Crippen LogP contribution in [0.25, 0.3) is 0 Å². The summed E-state index contributed by atoms with van der Waals surface area (Å²) in [4.78, 5) is 14.3. The van der Waals surface area contributed by atoms with E-state index in [1.807, 2.05) is 30.3 Å². The number of rotatable bonds is 3. The second-order valence-corrected chi connectivity index (χ2v) is 9.16. The maximum Gasteiger partial charge on any atom is 0.262 e. The van der Waals surface area contributed by atoms with Gasteiger partial charge >= 0.3 is 0 Å². The van der Waals surface area contributed by atoms with Crippen LogP contribution in [0.3, 0.4) is 0 Å². The van der Waals surface area contributed by atoms with Crippen molar-refractivity contribution in [2.24, 2.45) is 0 Å². The van der Waals surface area contributed by atoms with Crippen LogP contribution in [0.4, 0.5) is 5.69 Å². The Bertz CT molecular complexity index is 1000. The van der Waals surface area contributed by atoms with Crippen LogP contribution in [-0.2, 0) is 34.0 Å². The number of anilines is 1. The lowest BCUT2D eigenvalue weighted by Gasteiger charge is -2.22. The lowest BCUT2D eigenvalue weighted by atomic mass is 10.0. The van der Waals surface area contributed by atoms with Crippen molar-refractivity contribution >= 4 is 21.4 Å². The zero-order valence-corrected chi connectivity index (χ0v) is 16.0. The Morgan fingerprint density at radius 1 is 1.07 bits per heavy atom. The molecule has 0 spiro atoms. The molecule has 0 bridgehead atoms. The van der Waals surface area contributed by atoms with E-state index in [1.165, 1.54) is 11.8 Å². The van der Waals surface area contributed by atoms with Gasteiger partial charge in [0.25, 0.3) is 5.91 Å². The van der Waals surface area contributed by atoms with Gasteiger partial charge in [0.1, 0.15) is 5.75 Å². The van der Waals surface area contributed by atoms with Crippen molar-refractivity contribution in [3.63, 3.8) is 0 Å². The van der Waals surface area contributed by atoms with E-state index in [4.69, 9.17) is 4.74 Å². The number of nitrogens with one attached hydrogen (secondary N) is 1. The highest BCUT2D eigenvalue weighted by molar-refractivity contribution is 7.90. The molecule has 6 nitrogen and oxygen atoms in total. The Kier molecular flexibility index (Phi) is 4.65. The van der Waals surface area contributed by atoms with Crippen LogP contribution in [0, 0.1) is 0 Å². The van der Waals surface area contributed by atoms with Crippen molar-refractivity contribution < 1.29 is 17.9 Å². The van der Waals surface area contributed by atoms with E-state index in [9.17, 15) is 13.2 Å². The molecule has 0 aliphatic carbocycles. The number of hydrogen-bond acceptors (Lipinski definition) is 5. The molecule has 2 aliphatic rings. The molecule has 0 atom stereocenters. The molecule has 2 heterocycles. The molecule has 27 heavy (non-hydrogen) atoms. The molecule has 0 saturated heterocycles. The number of fused-ring (bicyclic) bond motifs is 2. The molecule has 1 N–H and O–H groups in total. The van der Waals surface area contributed by atoms with Gasteiger partial charge in [0.05, 0.1) is 10.6 Å². The van der Waals surface area contributed by atoms with Gasteiger partial charge in [0, 0.05) is 25.9 Å². The summed E-state index contributed by atoms with van der Waals surface area (Å²) < 4.78 is 29.0. The molecular formula is C20H22N2O4S. The fourth-order valence-corrected chi connectivity index (χ4v) is 4.29. The van der Waals surface area contributed by atoms with Gasteiger partial charge < -0.3 is 10.1 Å². The molecule has 4 rings (SSSR count). The van der Waals surface area contributed by atoms with Crippen LogP contribution in [-0.4, -0.2) is 45.2 Å². The molecule has 0 aromatic heterocycles. The molecule has 1 amide bonds. The molecule has 142 valence electrons. The van der Waals surface area contributed by atoms with Gasteiger partial charge in [-0.25, -0.2) is 8.42 Å². The minimum Gasteiger partial charge on any atom is -0.482 e. The van der Waals surface area contributed by atoms with E-state index < -0.39 is 9.84 Å². The zero-order valence-electron chi connectivity index (χ0n) is 15.2. The summed E-state index contributed by atoms with van der Waals surface area (Å²) in [5.74, 6) is 0.571. The number of amides is 1. The summed E-state index contributed by atoms with van der Waals surface area (Å²) in [7, 11) is -3.18. The third kappa shape index (κ3) is 3.99. The van der Waals surface area contributed by atoms with Crippen molar-refractivity contribution in [3.05, 3.63) is 53.1 Å². The van der Waals surface area contributed by atoms with Crippen molar-refractivity contribution in [1.29, 1.82) is 0 Å². The lowest BCUT2D eigenvalue weighted by Crippen LogP contribution is -2.27. The molecule has 0 saturated carbocycles. The minimum atomic E-state index is -3.18. The predicted octanol–water partition coefficient (Wildman–Crippen LogP) is 2.02. The smallest absolute Gasteiger partial charge is 0.262 e. The number of sulfone groups is 1. The van der Waals surface area contributed by atoms with E-state index in [2.05, 4.69) is 10.2 Å². The van der Waals surface area contributed by atoms with Gasteiger partial charge in [-0.05, 0) is 53.8 Å². The molecule has 2 aromatic carbocycles. The third-order valence-corrected chi connectivity index (χ3v) is 6.19. The summed E-state index contributed by atoms with van der Waals surface area (Å²) in [6.45, 7) is 2.60. The largest absolute Gasteiger partial charge is 0.482 e. The summed E-state index contributed by atoms with van der Waals surface area (Å²) in [6, 6.07) is 11.4. The first kappa shape index (κ1) is 18.0. The molecule has 2 aromatic rings. The lowest BCUT2D eigenvalue weighted by molar-refractivity contribution is -0.118. The molecule has 7 heteroatoms. The van der Waals surface area contributed by atoms with Crippen LogP contribution < -0.4 is 10.1 Å². The Morgan fingerprint density at radius 3 is 2.63 bits per heavy atom. The maximum atomic E-state index is 11.8. The predicted molar refractivity (Wildman–Crippen MR) is 103 cm³/mol. The summed E-state index contributed by atoms with van der Waals surface area (Å²) in [5.41, 5.74) is 4.17. The van der Waals surface area contributed by atoms with E-state index in [0.29, 0.717) is 10.6 Å². The fraction of sp³-hybridized carbons (Fsp3) is 0.350. The average Bonchev–Trinajstić information content (AvgIpc) is 2.82. The van der Waals surface area contributed by atoms with E-state index >= 15 is 0 Å². The average molecular weight is 386 g/mol. The first-order valence-electron chi connectivity index (χ1n) is 8.98. The number of carbonyl (C=O) groups excluding carboxylic acids is 1. The molecule has 0 unspecified atom stereocenters. The standard InChI is InChI=1S/C20H22N2O4S/c1-27(24,25)17-4-3-15-6-8-22(9-7-16(15)11-17)12-14-2-5-19-18(10-14)21-20(23)13-26-19/h2-5,10-11H,6-9,12-13H2,1H3,(H,21,23). The zero-order chi connectivity index (χ0) is 19.0.